The van der Waals surface area contributed by atoms with E-state index in [2.05, 4.69) is 27.9 Å². The molecule has 138 valence electrons. The van der Waals surface area contributed by atoms with Crippen LogP contribution in [-0.2, 0) is 16.1 Å². The topological polar surface area (TPSA) is 49.4 Å². The van der Waals surface area contributed by atoms with Crippen molar-refractivity contribution in [2.24, 2.45) is 5.92 Å². The standard InChI is InChI=1S/C21H25IN2O2/c1-4-19(25)24(18-13-9-8-12-17(18)22)20(15(2)3)21(26)23-14-16-10-6-5-7-11-16/h5-13,15,20H,4,14H2,1-3H3,(H,23,26). The van der Waals surface area contributed by atoms with Crippen LogP contribution in [0.15, 0.2) is 54.6 Å². The Morgan fingerprint density at radius 1 is 1.04 bits per heavy atom. The van der Waals surface area contributed by atoms with Crippen molar-refractivity contribution in [2.75, 3.05) is 4.90 Å². The summed E-state index contributed by atoms with van der Waals surface area (Å²) in [5.74, 6) is -0.203. The summed E-state index contributed by atoms with van der Waals surface area (Å²) in [7, 11) is 0. The number of nitrogens with one attached hydrogen (secondary N) is 1. The molecule has 2 rings (SSSR count). The third-order valence-corrected chi connectivity index (χ3v) is 5.08. The second-order valence-electron chi connectivity index (χ2n) is 6.46. The number of nitrogens with zero attached hydrogens (tertiary/aromatic N) is 1. The van der Waals surface area contributed by atoms with Gasteiger partial charge < -0.3 is 5.32 Å². The maximum atomic E-state index is 13.0. The first-order chi connectivity index (χ1) is 12.5. The normalized spacial score (nSPS) is 11.9. The Kier molecular flexibility index (Phi) is 7.63. The zero-order valence-corrected chi connectivity index (χ0v) is 17.6. The lowest BCUT2D eigenvalue weighted by molar-refractivity contribution is -0.127. The van der Waals surface area contributed by atoms with E-state index < -0.39 is 6.04 Å². The van der Waals surface area contributed by atoms with E-state index >= 15 is 0 Å². The first-order valence-electron chi connectivity index (χ1n) is 8.84. The average Bonchev–Trinajstić information content (AvgIpc) is 2.65. The van der Waals surface area contributed by atoms with E-state index in [1.54, 1.807) is 4.90 Å². The van der Waals surface area contributed by atoms with Gasteiger partial charge in [-0.15, -0.1) is 0 Å². The maximum Gasteiger partial charge on any atom is 0.243 e. The third-order valence-electron chi connectivity index (χ3n) is 4.17. The number of anilines is 1. The van der Waals surface area contributed by atoms with E-state index in [1.165, 1.54) is 0 Å². The van der Waals surface area contributed by atoms with Crippen molar-refractivity contribution < 1.29 is 9.59 Å². The Balaban J connectivity index is 2.30. The van der Waals surface area contributed by atoms with Crippen molar-refractivity contribution in [1.82, 2.24) is 5.32 Å². The van der Waals surface area contributed by atoms with Crippen LogP contribution in [0.4, 0.5) is 5.69 Å². The number of para-hydroxylation sites is 1. The van der Waals surface area contributed by atoms with Gasteiger partial charge in [0.25, 0.3) is 0 Å². The van der Waals surface area contributed by atoms with Gasteiger partial charge in [-0.1, -0.05) is 63.2 Å². The van der Waals surface area contributed by atoms with Crippen LogP contribution in [0, 0.1) is 9.49 Å². The molecular formula is C21H25IN2O2. The SMILES string of the molecule is CCC(=O)N(c1ccccc1I)C(C(=O)NCc1ccccc1)C(C)C. The van der Waals surface area contributed by atoms with E-state index in [-0.39, 0.29) is 17.7 Å². The lowest BCUT2D eigenvalue weighted by atomic mass is 9.99. The summed E-state index contributed by atoms with van der Waals surface area (Å²) in [6.07, 6.45) is 0.347. The highest BCUT2D eigenvalue weighted by molar-refractivity contribution is 14.1. The van der Waals surface area contributed by atoms with Gasteiger partial charge in [0, 0.05) is 16.5 Å². The lowest BCUT2D eigenvalue weighted by Gasteiger charge is -2.34. The zero-order valence-electron chi connectivity index (χ0n) is 15.4. The number of hydrogen-bond donors (Lipinski definition) is 1. The number of hydrogen-bond acceptors (Lipinski definition) is 2. The van der Waals surface area contributed by atoms with Crippen molar-refractivity contribution >= 4 is 40.1 Å². The number of halogens is 1. The summed E-state index contributed by atoms with van der Waals surface area (Å²) in [5, 5.41) is 2.99. The van der Waals surface area contributed by atoms with Crippen LogP contribution in [0.1, 0.15) is 32.8 Å². The monoisotopic (exact) mass is 464 g/mol. The molecule has 26 heavy (non-hydrogen) atoms. The molecule has 0 bridgehead atoms. The van der Waals surface area contributed by atoms with E-state index in [1.807, 2.05) is 75.4 Å². The Bertz CT molecular complexity index is 747. The maximum absolute atomic E-state index is 13.0. The molecule has 0 aliphatic heterocycles. The van der Waals surface area contributed by atoms with Crippen LogP contribution in [-0.4, -0.2) is 17.9 Å². The highest BCUT2D eigenvalue weighted by Crippen LogP contribution is 2.27. The van der Waals surface area contributed by atoms with Gasteiger partial charge >= 0.3 is 0 Å². The first kappa shape index (κ1) is 20.4. The molecule has 0 radical (unpaired) electrons. The van der Waals surface area contributed by atoms with E-state index in [9.17, 15) is 9.59 Å². The number of carbonyl (C=O) groups is 2. The van der Waals surface area contributed by atoms with Gasteiger partial charge in [-0.3, -0.25) is 14.5 Å². The van der Waals surface area contributed by atoms with Gasteiger partial charge in [-0.2, -0.15) is 0 Å². The quantitative estimate of drug-likeness (QED) is 0.619. The number of carbonyl (C=O) groups excluding carboxylic acids is 2. The Labute approximate surface area is 169 Å². The number of rotatable bonds is 7. The fraction of sp³-hybridized carbons (Fsp3) is 0.333. The summed E-state index contributed by atoms with van der Waals surface area (Å²) >= 11 is 2.21. The van der Waals surface area contributed by atoms with E-state index in [4.69, 9.17) is 0 Å². The van der Waals surface area contributed by atoms with E-state index in [0.29, 0.717) is 13.0 Å². The summed E-state index contributed by atoms with van der Waals surface area (Å²) in [4.78, 5) is 27.4. The van der Waals surface area contributed by atoms with Crippen LogP contribution < -0.4 is 10.2 Å². The summed E-state index contributed by atoms with van der Waals surface area (Å²) < 4.78 is 0.952. The molecule has 1 unspecified atom stereocenters. The molecule has 0 spiro atoms. The van der Waals surface area contributed by atoms with Crippen LogP contribution in [0.3, 0.4) is 0 Å². The summed E-state index contributed by atoms with van der Waals surface area (Å²) in [6, 6.07) is 16.9. The van der Waals surface area contributed by atoms with Gasteiger partial charge in [-0.05, 0) is 46.2 Å². The minimum atomic E-state index is -0.554. The van der Waals surface area contributed by atoms with Gasteiger partial charge in [-0.25, -0.2) is 0 Å². The molecule has 0 aliphatic carbocycles. The predicted octanol–water partition coefficient (Wildman–Crippen LogP) is 4.38. The number of amides is 2. The van der Waals surface area contributed by atoms with Crippen LogP contribution in [0.25, 0.3) is 0 Å². The molecule has 0 fully saturated rings. The molecule has 1 atom stereocenters. The van der Waals surface area contributed by atoms with Crippen molar-refractivity contribution in [3.8, 4) is 0 Å². The highest BCUT2D eigenvalue weighted by atomic mass is 127. The fourth-order valence-corrected chi connectivity index (χ4v) is 3.51. The molecule has 0 aliphatic rings. The molecule has 2 amide bonds. The van der Waals surface area contributed by atoms with Crippen LogP contribution in [0.5, 0.6) is 0 Å². The van der Waals surface area contributed by atoms with Crippen LogP contribution >= 0.6 is 22.6 Å². The van der Waals surface area contributed by atoms with Gasteiger partial charge in [0.1, 0.15) is 6.04 Å². The Morgan fingerprint density at radius 3 is 2.23 bits per heavy atom. The smallest absolute Gasteiger partial charge is 0.243 e. The first-order valence-corrected chi connectivity index (χ1v) is 9.91. The minimum Gasteiger partial charge on any atom is -0.350 e. The molecule has 1 N–H and O–H groups in total. The van der Waals surface area contributed by atoms with Gasteiger partial charge in [0.15, 0.2) is 0 Å². The van der Waals surface area contributed by atoms with Gasteiger partial charge in [0.2, 0.25) is 11.8 Å². The third kappa shape index (κ3) is 5.06. The zero-order chi connectivity index (χ0) is 19.1. The fourth-order valence-electron chi connectivity index (χ4n) is 2.86. The average molecular weight is 464 g/mol. The molecule has 0 heterocycles. The lowest BCUT2D eigenvalue weighted by Crippen LogP contribution is -2.52. The Morgan fingerprint density at radius 2 is 1.65 bits per heavy atom. The molecule has 4 nitrogen and oxygen atoms in total. The van der Waals surface area contributed by atoms with Crippen LogP contribution in [0.2, 0.25) is 0 Å². The molecule has 5 heteroatoms. The molecule has 2 aromatic carbocycles. The van der Waals surface area contributed by atoms with Gasteiger partial charge in [0.05, 0.1) is 5.69 Å². The van der Waals surface area contributed by atoms with Crippen molar-refractivity contribution in [3.63, 3.8) is 0 Å². The largest absolute Gasteiger partial charge is 0.350 e. The highest BCUT2D eigenvalue weighted by Gasteiger charge is 2.33. The second kappa shape index (κ2) is 9.71. The summed E-state index contributed by atoms with van der Waals surface area (Å²) in [5.41, 5.74) is 1.82. The molecule has 0 aromatic heterocycles. The van der Waals surface area contributed by atoms with Crippen molar-refractivity contribution in [2.45, 2.75) is 39.8 Å². The van der Waals surface area contributed by atoms with Crippen molar-refractivity contribution in [3.05, 3.63) is 63.7 Å². The Hall–Kier alpha value is -1.89. The second-order valence-corrected chi connectivity index (χ2v) is 7.62. The number of benzene rings is 2. The summed E-state index contributed by atoms with van der Waals surface area (Å²) in [6.45, 7) is 6.21. The minimum absolute atomic E-state index is 0.0164. The molecule has 2 aromatic rings. The van der Waals surface area contributed by atoms with E-state index in [0.717, 1.165) is 14.8 Å². The molecular weight excluding hydrogens is 439 g/mol. The molecule has 0 saturated carbocycles. The van der Waals surface area contributed by atoms with Crippen molar-refractivity contribution in [1.29, 1.82) is 0 Å². The molecule has 0 saturated heterocycles. The predicted molar refractivity (Wildman–Crippen MR) is 114 cm³/mol.